The Morgan fingerprint density at radius 1 is 1.31 bits per heavy atom. The maximum Gasteiger partial charge on any atom is 0.161 e. The van der Waals surface area contributed by atoms with Crippen LogP contribution in [0, 0.1) is 6.92 Å². The Hall–Kier alpha value is -1.26. The lowest BCUT2D eigenvalue weighted by Crippen LogP contribution is -2.26. The Labute approximate surface area is 95.7 Å². The van der Waals surface area contributed by atoms with Gasteiger partial charge in [-0.15, -0.1) is 0 Å². The van der Waals surface area contributed by atoms with Crippen LogP contribution >= 0.6 is 0 Å². The molecule has 1 atom stereocenters. The highest BCUT2D eigenvalue weighted by atomic mass is 16.6. The lowest BCUT2D eigenvalue weighted by molar-refractivity contribution is 0.171. The zero-order valence-corrected chi connectivity index (χ0v) is 9.75. The van der Waals surface area contributed by atoms with Gasteiger partial charge in [-0.05, 0) is 37.2 Å². The third-order valence-corrected chi connectivity index (χ3v) is 2.89. The molecule has 1 aliphatic rings. The molecular formula is C12H18N2O2. The first-order valence-electron chi connectivity index (χ1n) is 5.53. The molecule has 88 valence electrons. The van der Waals surface area contributed by atoms with E-state index >= 15 is 0 Å². The van der Waals surface area contributed by atoms with Crippen LogP contribution in [0.3, 0.4) is 0 Å². The second-order valence-electron chi connectivity index (χ2n) is 3.93. The number of rotatable bonds is 3. The molecule has 0 saturated carbocycles. The van der Waals surface area contributed by atoms with Gasteiger partial charge in [0.2, 0.25) is 0 Å². The summed E-state index contributed by atoms with van der Waals surface area (Å²) in [5.41, 5.74) is 8.08. The Balaban J connectivity index is 2.38. The van der Waals surface area contributed by atoms with Gasteiger partial charge >= 0.3 is 0 Å². The summed E-state index contributed by atoms with van der Waals surface area (Å²) in [6, 6.07) is 4.21. The van der Waals surface area contributed by atoms with Crippen LogP contribution in [0.1, 0.15) is 17.2 Å². The monoisotopic (exact) mass is 222 g/mol. The topological polar surface area (TPSA) is 56.5 Å². The average Bonchev–Trinajstić information content (AvgIpc) is 2.31. The normalized spacial score (nSPS) is 15.9. The van der Waals surface area contributed by atoms with Crippen molar-refractivity contribution in [1.29, 1.82) is 0 Å². The van der Waals surface area contributed by atoms with Crippen molar-refractivity contribution in [2.24, 2.45) is 5.73 Å². The number of likely N-dealkylation sites (N-methyl/N-ethyl adjacent to an activating group) is 1. The van der Waals surface area contributed by atoms with Gasteiger partial charge in [-0.3, -0.25) is 0 Å². The van der Waals surface area contributed by atoms with Crippen LogP contribution < -0.4 is 20.5 Å². The number of hydrogen-bond donors (Lipinski definition) is 2. The minimum Gasteiger partial charge on any atom is -0.486 e. The van der Waals surface area contributed by atoms with Gasteiger partial charge in [0.25, 0.3) is 0 Å². The van der Waals surface area contributed by atoms with E-state index in [2.05, 4.69) is 12.2 Å². The van der Waals surface area contributed by atoms with Crippen LogP contribution in [0.5, 0.6) is 11.5 Å². The standard InChI is InChI=1S/C12H18N2O2/c1-8-5-11-12(16-4-3-15-11)6-9(8)10(7-13)14-2/h5-6,10,14H,3-4,7,13H2,1-2H3. The number of nitrogens with two attached hydrogens (primary N) is 1. The van der Waals surface area contributed by atoms with Gasteiger partial charge in [0.1, 0.15) is 13.2 Å². The Morgan fingerprint density at radius 2 is 1.94 bits per heavy atom. The minimum absolute atomic E-state index is 0.163. The molecule has 3 N–H and O–H groups in total. The summed E-state index contributed by atoms with van der Waals surface area (Å²) in [4.78, 5) is 0. The predicted octanol–water partition coefficient (Wildman–Crippen LogP) is 0.985. The van der Waals surface area contributed by atoms with Gasteiger partial charge in [-0.2, -0.15) is 0 Å². The molecule has 4 nitrogen and oxygen atoms in total. The third kappa shape index (κ3) is 1.99. The summed E-state index contributed by atoms with van der Waals surface area (Å²) in [5, 5.41) is 3.19. The Kier molecular flexibility index (Phi) is 3.31. The molecule has 0 amide bonds. The summed E-state index contributed by atoms with van der Waals surface area (Å²) < 4.78 is 11.1. The van der Waals surface area contributed by atoms with E-state index in [1.54, 1.807) is 0 Å². The zero-order valence-electron chi connectivity index (χ0n) is 9.75. The smallest absolute Gasteiger partial charge is 0.161 e. The number of aryl methyl sites for hydroxylation is 1. The molecule has 0 radical (unpaired) electrons. The van der Waals surface area contributed by atoms with E-state index in [9.17, 15) is 0 Å². The summed E-state index contributed by atoms with van der Waals surface area (Å²) in [6.07, 6.45) is 0. The zero-order chi connectivity index (χ0) is 11.5. The molecule has 16 heavy (non-hydrogen) atoms. The Bertz CT molecular complexity index is 376. The van der Waals surface area contributed by atoms with E-state index in [0.29, 0.717) is 19.8 Å². The molecule has 2 rings (SSSR count). The predicted molar refractivity (Wildman–Crippen MR) is 63.0 cm³/mol. The summed E-state index contributed by atoms with van der Waals surface area (Å²) in [7, 11) is 1.91. The first kappa shape index (κ1) is 11.2. The van der Waals surface area contributed by atoms with Crippen LogP contribution in [-0.4, -0.2) is 26.8 Å². The molecule has 1 aliphatic heterocycles. The van der Waals surface area contributed by atoms with Gasteiger partial charge in [-0.25, -0.2) is 0 Å². The number of nitrogens with one attached hydrogen (secondary N) is 1. The van der Waals surface area contributed by atoms with Crippen LogP contribution in [-0.2, 0) is 0 Å². The van der Waals surface area contributed by atoms with Crippen LogP contribution in [0.25, 0.3) is 0 Å². The lowest BCUT2D eigenvalue weighted by Gasteiger charge is -2.23. The number of fused-ring (bicyclic) bond motifs is 1. The van der Waals surface area contributed by atoms with Gasteiger partial charge in [0, 0.05) is 12.6 Å². The molecule has 4 heteroatoms. The van der Waals surface area contributed by atoms with Crippen molar-refractivity contribution in [3.05, 3.63) is 23.3 Å². The van der Waals surface area contributed by atoms with Crippen molar-refractivity contribution >= 4 is 0 Å². The van der Waals surface area contributed by atoms with Gasteiger partial charge < -0.3 is 20.5 Å². The first-order valence-corrected chi connectivity index (χ1v) is 5.53. The van der Waals surface area contributed by atoms with Crippen molar-refractivity contribution in [1.82, 2.24) is 5.32 Å². The molecule has 1 aromatic carbocycles. The largest absolute Gasteiger partial charge is 0.486 e. The highest BCUT2D eigenvalue weighted by molar-refractivity contribution is 5.48. The van der Waals surface area contributed by atoms with Crippen LogP contribution in [0.15, 0.2) is 12.1 Å². The highest BCUT2D eigenvalue weighted by Crippen LogP contribution is 2.34. The maximum absolute atomic E-state index is 5.73. The highest BCUT2D eigenvalue weighted by Gasteiger charge is 2.17. The number of ether oxygens (including phenoxy) is 2. The molecule has 0 spiro atoms. The lowest BCUT2D eigenvalue weighted by atomic mass is 10.0. The summed E-state index contributed by atoms with van der Waals surface area (Å²) in [5.74, 6) is 1.65. The first-order chi connectivity index (χ1) is 7.76. The fourth-order valence-electron chi connectivity index (χ4n) is 1.98. The van der Waals surface area contributed by atoms with E-state index < -0.39 is 0 Å². The van der Waals surface area contributed by atoms with E-state index in [1.807, 2.05) is 19.2 Å². The number of hydrogen-bond acceptors (Lipinski definition) is 4. The minimum atomic E-state index is 0.163. The fourth-order valence-corrected chi connectivity index (χ4v) is 1.98. The van der Waals surface area contributed by atoms with Gasteiger partial charge in [0.05, 0.1) is 0 Å². The molecule has 1 heterocycles. The average molecular weight is 222 g/mol. The van der Waals surface area contributed by atoms with Crippen molar-refractivity contribution in [2.45, 2.75) is 13.0 Å². The fraction of sp³-hybridized carbons (Fsp3) is 0.500. The van der Waals surface area contributed by atoms with Crippen molar-refractivity contribution in [3.63, 3.8) is 0 Å². The summed E-state index contributed by atoms with van der Waals surface area (Å²) >= 11 is 0. The second-order valence-corrected chi connectivity index (χ2v) is 3.93. The molecule has 0 fully saturated rings. The molecule has 0 saturated heterocycles. The second kappa shape index (κ2) is 4.72. The molecule has 1 unspecified atom stereocenters. The number of benzene rings is 1. The van der Waals surface area contributed by atoms with Crippen molar-refractivity contribution < 1.29 is 9.47 Å². The SMILES string of the molecule is CNC(CN)c1cc2c(cc1C)OCCO2. The van der Waals surface area contributed by atoms with E-state index in [4.69, 9.17) is 15.2 Å². The van der Waals surface area contributed by atoms with Crippen LogP contribution in [0.2, 0.25) is 0 Å². The van der Waals surface area contributed by atoms with Crippen molar-refractivity contribution in [2.75, 3.05) is 26.8 Å². The van der Waals surface area contributed by atoms with E-state index in [1.165, 1.54) is 11.1 Å². The third-order valence-electron chi connectivity index (χ3n) is 2.89. The molecule has 0 aromatic heterocycles. The maximum atomic E-state index is 5.73. The van der Waals surface area contributed by atoms with Crippen molar-refractivity contribution in [3.8, 4) is 11.5 Å². The molecule has 0 aliphatic carbocycles. The summed E-state index contributed by atoms with van der Waals surface area (Å²) in [6.45, 7) is 3.87. The quantitative estimate of drug-likeness (QED) is 0.800. The molecular weight excluding hydrogens is 204 g/mol. The van der Waals surface area contributed by atoms with Gasteiger partial charge in [0.15, 0.2) is 11.5 Å². The van der Waals surface area contributed by atoms with Gasteiger partial charge in [-0.1, -0.05) is 0 Å². The Morgan fingerprint density at radius 3 is 2.50 bits per heavy atom. The molecule has 1 aromatic rings. The van der Waals surface area contributed by atoms with Crippen LogP contribution in [0.4, 0.5) is 0 Å². The van der Waals surface area contributed by atoms with E-state index in [-0.39, 0.29) is 6.04 Å². The molecule has 0 bridgehead atoms. The van der Waals surface area contributed by atoms with E-state index in [0.717, 1.165) is 11.5 Å².